The van der Waals surface area contributed by atoms with Crippen molar-refractivity contribution in [2.24, 2.45) is 34.4 Å². The van der Waals surface area contributed by atoms with Crippen molar-refractivity contribution < 1.29 is 0 Å². The molecule has 6 aromatic heterocycles. The van der Waals surface area contributed by atoms with Crippen LogP contribution in [0.25, 0.3) is 0 Å². The van der Waals surface area contributed by atoms with Gasteiger partial charge < -0.3 is 63.8 Å². The lowest BCUT2D eigenvalue weighted by molar-refractivity contribution is 0.582. The molecule has 564 valence electrons. The Bertz CT molecular complexity index is 3100. The van der Waals surface area contributed by atoms with Gasteiger partial charge >= 0.3 is 0 Å². The van der Waals surface area contributed by atoms with E-state index in [1.54, 1.807) is 0 Å². The Morgan fingerprint density at radius 2 is 0.402 bits per heavy atom. The highest BCUT2D eigenvalue weighted by Crippen LogP contribution is 2.38. The maximum atomic E-state index is 6.06. The zero-order valence-electron chi connectivity index (χ0n) is 66.7. The molecule has 0 amide bonds. The van der Waals surface area contributed by atoms with Gasteiger partial charge in [-0.3, -0.25) is 29.9 Å². The summed E-state index contributed by atoms with van der Waals surface area (Å²) in [5.74, 6) is 0. The molecule has 6 saturated heterocycles. The minimum atomic E-state index is 0.135. The molecule has 0 aliphatic carbocycles. The summed E-state index contributed by atoms with van der Waals surface area (Å²) in [7, 11) is 0. The number of pyridine rings is 6. The normalized spacial score (nSPS) is 21.6. The van der Waals surface area contributed by atoms with Crippen molar-refractivity contribution in [1.29, 1.82) is 0 Å². The van der Waals surface area contributed by atoms with Crippen molar-refractivity contribution in [1.82, 2.24) is 29.9 Å². The second kappa shape index (κ2) is 36.9. The predicted molar refractivity (Wildman–Crippen MR) is 434 cm³/mol. The van der Waals surface area contributed by atoms with Crippen LogP contribution in [0.5, 0.6) is 0 Å². The standard InChI is InChI=1S/3C15H25N3.3C13H21N3/c3*1-15(2,3)13-11-17-8-6-14(13)18-9-4-5-12(16)7-10-18;3*1-13(2,3)11-8-15-6-4-12(11)16-7-5-10(14)9-16/h3*6,8,11-12H,4-5,7,9-10,16H2,1-3H3;3*4,6,8,10H,5,7,9,14H2,1-3H3/t2*12-;;2*10-;/m10.10./s1. The molecule has 6 aromatic rings. The third-order valence-electron chi connectivity index (χ3n) is 20.7. The fourth-order valence-electron chi connectivity index (χ4n) is 14.6. The fraction of sp³-hybridized carbons (Fsp3) is 0.643. The second-order valence-corrected chi connectivity index (χ2v) is 35.9. The Morgan fingerprint density at radius 1 is 0.235 bits per heavy atom. The lowest BCUT2D eigenvalue weighted by Gasteiger charge is -2.30. The highest BCUT2D eigenvalue weighted by Gasteiger charge is 2.31. The van der Waals surface area contributed by atoms with E-state index in [2.05, 4.69) is 220 Å². The van der Waals surface area contributed by atoms with Gasteiger partial charge in [-0.1, -0.05) is 125 Å². The topological polar surface area (TPSA) is 253 Å². The molecule has 12 heterocycles. The number of nitrogens with zero attached hydrogens (tertiary/aromatic N) is 12. The molecule has 6 aliphatic rings. The quantitative estimate of drug-likeness (QED) is 0.0906. The predicted octanol–water partition coefficient (Wildman–Crippen LogP) is 13.8. The first kappa shape index (κ1) is 82.7. The maximum absolute atomic E-state index is 6.06. The molecule has 18 heteroatoms. The van der Waals surface area contributed by atoms with Crippen LogP contribution in [0.4, 0.5) is 34.1 Å². The minimum Gasteiger partial charge on any atom is -0.371 e. The minimum absolute atomic E-state index is 0.135. The van der Waals surface area contributed by atoms with Crippen molar-refractivity contribution in [3.63, 3.8) is 0 Å². The van der Waals surface area contributed by atoms with Crippen LogP contribution in [0, 0.1) is 0 Å². The molecule has 18 nitrogen and oxygen atoms in total. The average molecular weight is 1400 g/mol. The second-order valence-electron chi connectivity index (χ2n) is 35.9. The van der Waals surface area contributed by atoms with Gasteiger partial charge in [-0.2, -0.15) is 0 Å². The lowest BCUT2D eigenvalue weighted by atomic mass is 9.86. The van der Waals surface area contributed by atoms with Gasteiger partial charge in [-0.25, -0.2) is 0 Å². The SMILES string of the molecule is CC(C)(C)c1cnccc1N1CCC(N)C1.CC(C)(C)c1cnccc1N1CCCC(N)CC1.CC(C)(C)c1cnccc1N1CCC[C@@H](N)CC1.CC(C)(C)c1cnccc1N1CCC[C@H](N)CC1.CC(C)(C)c1cnccc1N1CC[C@@H](N)C1.CC(C)(C)c1cnccc1N1CC[C@H](N)C1. The van der Waals surface area contributed by atoms with E-state index in [4.69, 9.17) is 34.4 Å². The van der Waals surface area contributed by atoms with E-state index in [0.717, 1.165) is 136 Å². The summed E-state index contributed by atoms with van der Waals surface area (Å²) in [4.78, 5) is 40.2. The van der Waals surface area contributed by atoms with Crippen molar-refractivity contribution >= 4 is 34.1 Å². The van der Waals surface area contributed by atoms with Crippen LogP contribution in [0.1, 0.15) is 235 Å². The number of hydrogen-bond donors (Lipinski definition) is 6. The number of aromatic nitrogens is 6. The number of hydrogen-bond acceptors (Lipinski definition) is 18. The molecule has 6 atom stereocenters. The molecule has 0 radical (unpaired) electrons. The summed E-state index contributed by atoms with van der Waals surface area (Å²) >= 11 is 0. The Morgan fingerprint density at radius 3 is 0.569 bits per heavy atom. The molecule has 0 aromatic carbocycles. The smallest absolute Gasteiger partial charge is 0.0435 e. The zero-order valence-corrected chi connectivity index (χ0v) is 66.7. The van der Waals surface area contributed by atoms with Crippen LogP contribution < -0.4 is 63.8 Å². The highest BCUT2D eigenvalue weighted by atomic mass is 15.2. The molecular weight excluding hydrogens is 1260 g/mol. The Hall–Kier alpha value is -6.54. The molecule has 102 heavy (non-hydrogen) atoms. The van der Waals surface area contributed by atoms with E-state index in [9.17, 15) is 0 Å². The Balaban J connectivity index is 0.000000172. The number of nitrogens with two attached hydrogens (primary N) is 6. The van der Waals surface area contributed by atoms with Crippen molar-refractivity contribution in [3.8, 4) is 0 Å². The molecule has 0 saturated carbocycles. The molecule has 2 unspecified atom stereocenters. The highest BCUT2D eigenvalue weighted by molar-refractivity contribution is 5.60. The van der Waals surface area contributed by atoms with Crippen LogP contribution in [-0.4, -0.2) is 145 Å². The first-order valence-corrected chi connectivity index (χ1v) is 38.6. The van der Waals surface area contributed by atoms with E-state index in [-0.39, 0.29) is 32.5 Å². The third kappa shape index (κ3) is 24.8. The molecule has 6 fully saturated rings. The van der Waals surface area contributed by atoms with Gasteiger partial charge in [0.15, 0.2) is 0 Å². The summed E-state index contributed by atoms with van der Waals surface area (Å²) in [6.45, 7) is 52.9. The fourth-order valence-corrected chi connectivity index (χ4v) is 14.6. The Labute approximate surface area is 617 Å². The van der Waals surface area contributed by atoms with Crippen molar-refractivity contribution in [3.05, 3.63) is 144 Å². The maximum Gasteiger partial charge on any atom is 0.0435 e. The largest absolute Gasteiger partial charge is 0.371 e. The number of anilines is 6. The zero-order chi connectivity index (χ0) is 74.8. The van der Waals surface area contributed by atoms with E-state index < -0.39 is 0 Å². The van der Waals surface area contributed by atoms with E-state index in [0.29, 0.717) is 36.3 Å². The summed E-state index contributed by atoms with van der Waals surface area (Å²) in [6, 6.07) is 14.9. The Kier molecular flexibility index (Phi) is 30.0. The third-order valence-corrected chi connectivity index (χ3v) is 20.7. The first-order chi connectivity index (χ1) is 47.9. The van der Waals surface area contributed by atoms with Crippen molar-refractivity contribution in [2.75, 3.05) is 108 Å². The van der Waals surface area contributed by atoms with Crippen LogP contribution >= 0.6 is 0 Å². The van der Waals surface area contributed by atoms with Crippen LogP contribution in [0.15, 0.2) is 111 Å². The molecule has 12 rings (SSSR count). The molecular formula is C84H138N18. The van der Waals surface area contributed by atoms with Crippen molar-refractivity contribution in [2.45, 2.75) is 270 Å². The lowest BCUT2D eigenvalue weighted by Crippen LogP contribution is -2.29. The van der Waals surface area contributed by atoms with Gasteiger partial charge in [0, 0.05) is 223 Å². The van der Waals surface area contributed by atoms with Crippen LogP contribution in [0.3, 0.4) is 0 Å². The average Bonchev–Trinajstić information content (AvgIpc) is 1.36. The summed E-state index contributed by atoms with van der Waals surface area (Å²) in [5, 5.41) is 0. The molecule has 6 aliphatic heterocycles. The van der Waals surface area contributed by atoms with Crippen LogP contribution in [0.2, 0.25) is 0 Å². The first-order valence-electron chi connectivity index (χ1n) is 38.6. The summed E-state index contributed by atoms with van der Waals surface area (Å²) in [5.41, 5.74) is 52.7. The van der Waals surface area contributed by atoms with Crippen LogP contribution in [-0.2, 0) is 32.5 Å². The molecule has 0 bridgehead atoms. The van der Waals surface area contributed by atoms with Gasteiger partial charge in [-0.05, 0) is 179 Å². The van der Waals surface area contributed by atoms with Gasteiger partial charge in [0.05, 0.1) is 0 Å². The van der Waals surface area contributed by atoms with Gasteiger partial charge in [0.25, 0.3) is 0 Å². The van der Waals surface area contributed by atoms with E-state index in [1.807, 2.05) is 74.4 Å². The molecule has 12 N–H and O–H groups in total. The van der Waals surface area contributed by atoms with Gasteiger partial charge in [-0.15, -0.1) is 0 Å². The number of rotatable bonds is 6. The van der Waals surface area contributed by atoms with E-state index >= 15 is 0 Å². The summed E-state index contributed by atoms with van der Waals surface area (Å²) in [6.07, 6.45) is 36.8. The van der Waals surface area contributed by atoms with Gasteiger partial charge in [0.2, 0.25) is 0 Å². The molecule has 0 spiro atoms. The van der Waals surface area contributed by atoms with Gasteiger partial charge in [0.1, 0.15) is 0 Å². The summed E-state index contributed by atoms with van der Waals surface area (Å²) < 4.78 is 0. The van der Waals surface area contributed by atoms with E-state index in [1.165, 1.54) is 86.8 Å². The monoisotopic (exact) mass is 1400 g/mol.